The zero-order valence-corrected chi connectivity index (χ0v) is 14.6. The van der Waals surface area contributed by atoms with Crippen LogP contribution < -0.4 is 14.4 Å². The van der Waals surface area contributed by atoms with Crippen molar-refractivity contribution in [1.29, 1.82) is 0 Å². The minimum Gasteiger partial charge on any atom is -0.454 e. The van der Waals surface area contributed by atoms with Gasteiger partial charge in [-0.25, -0.2) is 9.97 Å². The van der Waals surface area contributed by atoms with E-state index in [1.807, 2.05) is 12.1 Å². The molecule has 1 aromatic carbocycles. The molecule has 1 saturated heterocycles. The molecule has 8 nitrogen and oxygen atoms in total. The van der Waals surface area contributed by atoms with E-state index in [4.69, 9.17) is 19.3 Å². The Labute approximate surface area is 144 Å². The third-order valence-corrected chi connectivity index (χ3v) is 5.70. The molecule has 0 amide bonds. The maximum atomic E-state index is 11.0. The Morgan fingerprint density at radius 1 is 1.20 bits per heavy atom. The number of piperidine rings is 1. The average Bonchev–Trinajstić information content (AvgIpc) is 3.08. The van der Waals surface area contributed by atoms with E-state index in [1.54, 1.807) is 6.33 Å². The molecule has 0 bridgehead atoms. The van der Waals surface area contributed by atoms with Crippen LogP contribution in [0, 0.1) is 5.92 Å². The maximum absolute atomic E-state index is 11.0. The number of benzene rings is 1. The quantitative estimate of drug-likeness (QED) is 0.794. The molecule has 9 heteroatoms. The van der Waals surface area contributed by atoms with E-state index in [0.717, 1.165) is 42.7 Å². The van der Waals surface area contributed by atoms with Crippen LogP contribution in [0.1, 0.15) is 19.3 Å². The largest absolute Gasteiger partial charge is 0.454 e. The average molecular weight is 365 g/mol. The van der Waals surface area contributed by atoms with Crippen molar-refractivity contribution in [1.82, 2.24) is 9.97 Å². The topological polar surface area (TPSA) is 105 Å². The minimum absolute atomic E-state index is 0.0302. The summed E-state index contributed by atoms with van der Waals surface area (Å²) in [7, 11) is -3.91. The molecule has 134 valence electrons. The van der Waals surface area contributed by atoms with E-state index in [0.29, 0.717) is 23.8 Å². The Kier molecular flexibility index (Phi) is 4.27. The van der Waals surface area contributed by atoms with E-state index >= 15 is 0 Å². The molecule has 2 aliphatic rings. The van der Waals surface area contributed by atoms with Gasteiger partial charge in [-0.15, -0.1) is 0 Å². The summed E-state index contributed by atoms with van der Waals surface area (Å²) in [5.41, 5.74) is 0.753. The Hall–Kier alpha value is -1.89. The summed E-state index contributed by atoms with van der Waals surface area (Å²) in [6.07, 6.45) is 3.88. The predicted octanol–water partition coefficient (Wildman–Crippen LogP) is 2.14. The number of hydrogen-bond donors (Lipinski definition) is 2. The van der Waals surface area contributed by atoms with Crippen molar-refractivity contribution in [3.63, 3.8) is 0 Å². The molecule has 0 atom stereocenters. The summed E-state index contributed by atoms with van der Waals surface area (Å²) >= 11 is 0. The SMILES string of the molecule is O=P(O)(O)CCC1CCN(c2ncnc3c4c(ccc23)OCO4)CC1. The zero-order valence-electron chi connectivity index (χ0n) is 13.7. The van der Waals surface area contributed by atoms with E-state index in [1.165, 1.54) is 0 Å². The molecular formula is C16H20N3O5P. The van der Waals surface area contributed by atoms with Gasteiger partial charge in [-0.05, 0) is 37.3 Å². The highest BCUT2D eigenvalue weighted by Crippen LogP contribution is 2.41. The molecule has 1 aromatic heterocycles. The lowest BCUT2D eigenvalue weighted by atomic mass is 9.94. The summed E-state index contributed by atoms with van der Waals surface area (Å²) < 4.78 is 22.0. The van der Waals surface area contributed by atoms with Crippen molar-refractivity contribution < 1.29 is 23.8 Å². The molecule has 0 spiro atoms. The van der Waals surface area contributed by atoms with Crippen LogP contribution >= 0.6 is 7.60 Å². The second kappa shape index (κ2) is 6.44. The molecule has 2 aromatic rings. The zero-order chi connectivity index (χ0) is 17.4. The van der Waals surface area contributed by atoms with Crippen molar-refractivity contribution in [2.24, 2.45) is 5.92 Å². The third kappa shape index (κ3) is 3.42. The van der Waals surface area contributed by atoms with Crippen molar-refractivity contribution in [2.75, 3.05) is 30.9 Å². The first-order valence-corrected chi connectivity index (χ1v) is 10.1. The number of fused-ring (bicyclic) bond motifs is 3. The number of anilines is 1. The predicted molar refractivity (Wildman–Crippen MR) is 92.1 cm³/mol. The molecule has 0 radical (unpaired) electrons. The number of aromatic nitrogens is 2. The lowest BCUT2D eigenvalue weighted by Crippen LogP contribution is -2.34. The van der Waals surface area contributed by atoms with Gasteiger partial charge in [0.2, 0.25) is 6.79 Å². The van der Waals surface area contributed by atoms with Crippen LogP contribution in [-0.4, -0.2) is 45.8 Å². The normalized spacial score (nSPS) is 18.1. The van der Waals surface area contributed by atoms with Gasteiger partial charge in [0.15, 0.2) is 11.5 Å². The van der Waals surface area contributed by atoms with Gasteiger partial charge >= 0.3 is 7.60 Å². The molecule has 3 heterocycles. The summed E-state index contributed by atoms with van der Waals surface area (Å²) in [6.45, 7) is 1.83. The Balaban J connectivity index is 1.51. The van der Waals surface area contributed by atoms with Crippen LogP contribution in [0.15, 0.2) is 18.5 Å². The molecule has 4 rings (SSSR count). The fourth-order valence-electron chi connectivity index (χ4n) is 3.51. The van der Waals surface area contributed by atoms with Gasteiger partial charge in [0.05, 0.1) is 6.16 Å². The highest BCUT2D eigenvalue weighted by molar-refractivity contribution is 7.51. The lowest BCUT2D eigenvalue weighted by molar-refractivity contribution is 0.174. The Morgan fingerprint density at radius 2 is 2.00 bits per heavy atom. The van der Waals surface area contributed by atoms with Crippen LogP contribution in [0.5, 0.6) is 11.5 Å². The third-order valence-electron chi connectivity index (χ3n) is 4.86. The summed E-state index contributed by atoms with van der Waals surface area (Å²) in [5.74, 6) is 2.58. The van der Waals surface area contributed by atoms with Crippen molar-refractivity contribution in [3.8, 4) is 11.5 Å². The monoisotopic (exact) mass is 365 g/mol. The number of ether oxygens (including phenoxy) is 2. The Bertz CT molecular complexity index is 832. The van der Waals surface area contributed by atoms with Gasteiger partial charge in [0, 0.05) is 18.5 Å². The fourth-order valence-corrected chi connectivity index (χ4v) is 4.21. The molecular weight excluding hydrogens is 345 g/mol. The molecule has 0 unspecified atom stereocenters. The number of rotatable bonds is 4. The molecule has 2 N–H and O–H groups in total. The number of nitrogens with zero attached hydrogens (tertiary/aromatic N) is 3. The second-order valence-electron chi connectivity index (χ2n) is 6.50. The highest BCUT2D eigenvalue weighted by Gasteiger charge is 2.26. The first-order chi connectivity index (χ1) is 12.0. The first kappa shape index (κ1) is 16.6. The van der Waals surface area contributed by atoms with Crippen LogP contribution in [0.2, 0.25) is 0 Å². The lowest BCUT2D eigenvalue weighted by Gasteiger charge is -2.33. The molecule has 25 heavy (non-hydrogen) atoms. The number of hydrogen-bond acceptors (Lipinski definition) is 6. The molecule has 2 aliphatic heterocycles. The van der Waals surface area contributed by atoms with Gasteiger partial charge in [0.1, 0.15) is 17.7 Å². The first-order valence-electron chi connectivity index (χ1n) is 8.34. The van der Waals surface area contributed by atoms with Gasteiger partial charge in [-0.2, -0.15) is 0 Å². The standard InChI is InChI=1S/C16H20N3O5P/c20-25(21,22)8-5-11-3-6-19(7-4-11)16-12-1-2-13-15(24-10-23-13)14(12)17-9-18-16/h1-2,9,11H,3-8,10H2,(H2,20,21,22). The van der Waals surface area contributed by atoms with E-state index in [2.05, 4.69) is 14.9 Å². The van der Waals surface area contributed by atoms with Gasteiger partial charge in [-0.1, -0.05) is 0 Å². The summed E-state index contributed by atoms with van der Waals surface area (Å²) in [4.78, 5) is 29.1. The van der Waals surface area contributed by atoms with Gasteiger partial charge < -0.3 is 24.2 Å². The Morgan fingerprint density at radius 3 is 2.76 bits per heavy atom. The second-order valence-corrected chi connectivity index (χ2v) is 8.28. The van der Waals surface area contributed by atoms with Crippen molar-refractivity contribution in [3.05, 3.63) is 18.5 Å². The minimum atomic E-state index is -3.91. The highest BCUT2D eigenvalue weighted by atomic mass is 31.2. The van der Waals surface area contributed by atoms with Crippen LogP contribution in [0.3, 0.4) is 0 Å². The van der Waals surface area contributed by atoms with Gasteiger partial charge in [-0.3, -0.25) is 4.57 Å². The molecule has 0 saturated carbocycles. The van der Waals surface area contributed by atoms with Gasteiger partial charge in [0.25, 0.3) is 0 Å². The smallest absolute Gasteiger partial charge is 0.325 e. The maximum Gasteiger partial charge on any atom is 0.325 e. The van der Waals surface area contributed by atoms with Crippen molar-refractivity contribution >= 4 is 24.3 Å². The van der Waals surface area contributed by atoms with Crippen LogP contribution in [0.4, 0.5) is 5.82 Å². The van der Waals surface area contributed by atoms with Crippen LogP contribution in [0.25, 0.3) is 10.9 Å². The van der Waals surface area contributed by atoms with E-state index in [-0.39, 0.29) is 13.0 Å². The summed E-state index contributed by atoms with van der Waals surface area (Å²) in [5, 5.41) is 0.931. The fraction of sp³-hybridized carbons (Fsp3) is 0.500. The van der Waals surface area contributed by atoms with Crippen molar-refractivity contribution in [2.45, 2.75) is 19.3 Å². The van der Waals surface area contributed by atoms with E-state index in [9.17, 15) is 4.57 Å². The van der Waals surface area contributed by atoms with Crippen LogP contribution in [-0.2, 0) is 4.57 Å². The van der Waals surface area contributed by atoms with E-state index < -0.39 is 7.60 Å². The summed E-state index contributed by atoms with van der Waals surface area (Å²) in [6, 6.07) is 3.84. The molecule has 0 aliphatic carbocycles. The molecule has 1 fully saturated rings.